The first-order chi connectivity index (χ1) is 10.2. The van der Waals surface area contributed by atoms with E-state index in [0.29, 0.717) is 19.4 Å². The highest BCUT2D eigenvalue weighted by Crippen LogP contribution is 2.23. The number of amides is 2. The second-order valence-corrected chi connectivity index (χ2v) is 9.80. The lowest BCUT2D eigenvalue weighted by molar-refractivity contribution is 0.238. The van der Waals surface area contributed by atoms with Crippen molar-refractivity contribution >= 4 is 27.2 Å². The Morgan fingerprint density at radius 2 is 2.18 bits per heavy atom. The maximum atomic E-state index is 11.7. The van der Waals surface area contributed by atoms with E-state index in [4.69, 9.17) is 0 Å². The third kappa shape index (κ3) is 4.95. The lowest BCUT2D eigenvalue weighted by Crippen LogP contribution is -2.43. The number of carbonyl (C=O) groups excluding carboxylic acids is 1. The van der Waals surface area contributed by atoms with Crippen LogP contribution in [0.3, 0.4) is 0 Å². The zero-order valence-electron chi connectivity index (χ0n) is 13.2. The van der Waals surface area contributed by atoms with Gasteiger partial charge < -0.3 is 10.6 Å². The third-order valence-corrected chi connectivity index (χ3v) is 6.19. The zero-order valence-corrected chi connectivity index (χ0v) is 14.8. The lowest BCUT2D eigenvalue weighted by atomic mass is 9.93. The summed E-state index contributed by atoms with van der Waals surface area (Å²) in [5.41, 5.74) is 1.10. The van der Waals surface area contributed by atoms with Crippen LogP contribution in [-0.2, 0) is 21.7 Å². The van der Waals surface area contributed by atoms with Crippen LogP contribution in [0.5, 0.6) is 0 Å². The van der Waals surface area contributed by atoms with E-state index in [2.05, 4.69) is 41.8 Å². The fourth-order valence-electron chi connectivity index (χ4n) is 2.20. The van der Waals surface area contributed by atoms with Gasteiger partial charge in [-0.3, -0.25) is 0 Å². The van der Waals surface area contributed by atoms with Crippen molar-refractivity contribution in [3.8, 4) is 0 Å². The molecule has 2 rings (SSSR count). The van der Waals surface area contributed by atoms with Crippen molar-refractivity contribution in [3.63, 3.8) is 0 Å². The summed E-state index contributed by atoms with van der Waals surface area (Å²) in [5, 5.41) is 8.51. The topological polar surface area (TPSA) is 88.2 Å². The summed E-state index contributed by atoms with van der Waals surface area (Å²) in [6.07, 6.45) is 1.17. The van der Waals surface area contributed by atoms with E-state index in [0.717, 1.165) is 10.7 Å². The number of carbonyl (C=O) groups is 1. The van der Waals surface area contributed by atoms with E-state index in [9.17, 15) is 13.2 Å². The Balaban J connectivity index is 1.72. The molecule has 1 fully saturated rings. The predicted octanol–water partition coefficient (Wildman–Crippen LogP) is 1.47. The lowest BCUT2D eigenvalue weighted by Gasteiger charge is -2.14. The summed E-state index contributed by atoms with van der Waals surface area (Å²) in [6, 6.07) is -0.577. The van der Waals surface area contributed by atoms with Crippen LogP contribution in [0.25, 0.3) is 0 Å². The van der Waals surface area contributed by atoms with Gasteiger partial charge in [0.15, 0.2) is 9.84 Å². The molecule has 0 saturated carbocycles. The Labute approximate surface area is 135 Å². The van der Waals surface area contributed by atoms with Crippen LogP contribution in [0.4, 0.5) is 4.79 Å². The summed E-state index contributed by atoms with van der Waals surface area (Å²) in [4.78, 5) is 16.3. The smallest absolute Gasteiger partial charge is 0.315 e. The molecule has 8 heteroatoms. The molecule has 1 aliphatic heterocycles. The van der Waals surface area contributed by atoms with Gasteiger partial charge in [-0.1, -0.05) is 20.8 Å². The van der Waals surface area contributed by atoms with Gasteiger partial charge in [-0.15, -0.1) is 11.3 Å². The molecule has 0 radical (unpaired) electrons. The normalized spacial score (nSPS) is 20.8. The SMILES string of the molecule is CC(C)(C)c1csc(CCNC(=O)N[C@H]2CCS(=O)(=O)C2)n1. The molecule has 2 amide bonds. The second-order valence-electron chi connectivity index (χ2n) is 6.63. The number of urea groups is 1. The van der Waals surface area contributed by atoms with Crippen LogP contribution in [0, 0.1) is 0 Å². The van der Waals surface area contributed by atoms with E-state index in [1.54, 1.807) is 11.3 Å². The molecule has 2 N–H and O–H groups in total. The minimum atomic E-state index is -2.97. The third-order valence-electron chi connectivity index (χ3n) is 3.51. The van der Waals surface area contributed by atoms with Crippen molar-refractivity contribution in [2.45, 2.75) is 45.1 Å². The maximum Gasteiger partial charge on any atom is 0.315 e. The summed E-state index contributed by atoms with van der Waals surface area (Å²) >= 11 is 1.60. The van der Waals surface area contributed by atoms with Crippen molar-refractivity contribution in [1.82, 2.24) is 15.6 Å². The Kier molecular flexibility index (Phi) is 5.11. The highest BCUT2D eigenvalue weighted by Gasteiger charge is 2.28. The van der Waals surface area contributed by atoms with Gasteiger partial charge in [0.1, 0.15) is 0 Å². The zero-order chi connectivity index (χ0) is 16.4. The average molecular weight is 345 g/mol. The summed E-state index contributed by atoms with van der Waals surface area (Å²) in [5.74, 6) is 0.203. The number of nitrogens with zero attached hydrogens (tertiary/aromatic N) is 1. The molecule has 0 aliphatic carbocycles. The standard InChI is InChI=1S/C14H23N3O3S2/c1-14(2,3)11-8-21-12(17-11)4-6-15-13(18)16-10-5-7-22(19,20)9-10/h8,10H,4-7,9H2,1-3H3,(H2,15,16,18)/t10-/m0/s1. The van der Waals surface area contributed by atoms with Gasteiger partial charge >= 0.3 is 6.03 Å². The number of hydrogen-bond donors (Lipinski definition) is 2. The predicted molar refractivity (Wildman–Crippen MR) is 88.1 cm³/mol. The molecule has 22 heavy (non-hydrogen) atoms. The van der Waals surface area contributed by atoms with E-state index >= 15 is 0 Å². The van der Waals surface area contributed by atoms with Crippen LogP contribution < -0.4 is 10.6 Å². The molecule has 1 aromatic heterocycles. The molecule has 1 saturated heterocycles. The minimum Gasteiger partial charge on any atom is -0.338 e. The Morgan fingerprint density at radius 3 is 2.73 bits per heavy atom. The van der Waals surface area contributed by atoms with Crippen LogP contribution >= 0.6 is 11.3 Å². The van der Waals surface area contributed by atoms with Gasteiger partial charge in [0, 0.05) is 29.8 Å². The van der Waals surface area contributed by atoms with Crippen molar-refractivity contribution < 1.29 is 13.2 Å². The highest BCUT2D eigenvalue weighted by molar-refractivity contribution is 7.91. The van der Waals surface area contributed by atoms with Gasteiger partial charge in [-0.2, -0.15) is 0 Å². The van der Waals surface area contributed by atoms with Crippen molar-refractivity contribution in [2.75, 3.05) is 18.1 Å². The molecule has 2 heterocycles. The number of aromatic nitrogens is 1. The largest absolute Gasteiger partial charge is 0.338 e. The molecular weight excluding hydrogens is 322 g/mol. The van der Waals surface area contributed by atoms with E-state index < -0.39 is 9.84 Å². The molecule has 1 aliphatic rings. The molecule has 0 spiro atoms. The van der Waals surface area contributed by atoms with Gasteiger partial charge in [0.25, 0.3) is 0 Å². The molecule has 0 aromatic carbocycles. The van der Waals surface area contributed by atoms with Gasteiger partial charge in [0.05, 0.1) is 22.2 Å². The fraction of sp³-hybridized carbons (Fsp3) is 0.714. The molecule has 0 unspecified atom stereocenters. The number of rotatable bonds is 4. The molecule has 6 nitrogen and oxygen atoms in total. The first-order valence-electron chi connectivity index (χ1n) is 7.35. The second kappa shape index (κ2) is 6.54. The Hall–Kier alpha value is -1.15. The van der Waals surface area contributed by atoms with Gasteiger partial charge in [0.2, 0.25) is 0 Å². The Bertz CT molecular complexity index is 632. The molecule has 1 aromatic rings. The first kappa shape index (κ1) is 17.2. The monoisotopic (exact) mass is 345 g/mol. The maximum absolute atomic E-state index is 11.7. The fourth-order valence-corrected chi connectivity index (χ4v) is 4.90. The molecule has 124 valence electrons. The highest BCUT2D eigenvalue weighted by atomic mass is 32.2. The van der Waals surface area contributed by atoms with E-state index in [-0.39, 0.29) is 29.0 Å². The molecule has 1 atom stereocenters. The average Bonchev–Trinajstić information content (AvgIpc) is 2.95. The van der Waals surface area contributed by atoms with Crippen LogP contribution in [-0.4, -0.2) is 43.5 Å². The van der Waals surface area contributed by atoms with Crippen molar-refractivity contribution in [2.24, 2.45) is 0 Å². The molecular formula is C14H23N3O3S2. The molecule has 0 bridgehead atoms. The number of hydrogen-bond acceptors (Lipinski definition) is 5. The Morgan fingerprint density at radius 1 is 1.45 bits per heavy atom. The first-order valence-corrected chi connectivity index (χ1v) is 10.1. The van der Waals surface area contributed by atoms with Crippen molar-refractivity contribution in [3.05, 3.63) is 16.1 Å². The number of sulfone groups is 1. The van der Waals surface area contributed by atoms with Gasteiger partial charge in [-0.25, -0.2) is 18.2 Å². The number of thiazole rings is 1. The number of nitrogens with one attached hydrogen (secondary N) is 2. The van der Waals surface area contributed by atoms with Crippen molar-refractivity contribution in [1.29, 1.82) is 0 Å². The van der Waals surface area contributed by atoms with E-state index in [1.165, 1.54) is 0 Å². The summed E-state index contributed by atoms with van der Waals surface area (Å²) in [7, 11) is -2.97. The van der Waals surface area contributed by atoms with Crippen LogP contribution in [0.1, 0.15) is 37.9 Å². The van der Waals surface area contributed by atoms with E-state index in [1.807, 2.05) is 0 Å². The summed E-state index contributed by atoms with van der Waals surface area (Å²) in [6.45, 7) is 6.84. The quantitative estimate of drug-likeness (QED) is 0.865. The minimum absolute atomic E-state index is 0.0352. The van der Waals surface area contributed by atoms with Gasteiger partial charge in [-0.05, 0) is 6.42 Å². The van der Waals surface area contributed by atoms with Crippen LogP contribution in [0.2, 0.25) is 0 Å². The van der Waals surface area contributed by atoms with Crippen LogP contribution in [0.15, 0.2) is 5.38 Å². The summed E-state index contributed by atoms with van der Waals surface area (Å²) < 4.78 is 22.7.